The number of anilines is 1. The highest BCUT2D eigenvalue weighted by atomic mass is 19.4. The zero-order chi connectivity index (χ0) is 22.4. The number of nitrogens with zero attached hydrogens (tertiary/aromatic N) is 1. The molecule has 162 valence electrons. The molecule has 1 aromatic carbocycles. The molecule has 0 saturated carbocycles. The van der Waals surface area contributed by atoms with Crippen LogP contribution in [0.1, 0.15) is 40.2 Å². The molecule has 10 heteroatoms. The summed E-state index contributed by atoms with van der Waals surface area (Å²) in [5.74, 6) is -1.36. The van der Waals surface area contributed by atoms with Crippen molar-refractivity contribution in [2.45, 2.75) is 52.4 Å². The van der Waals surface area contributed by atoms with Gasteiger partial charge in [-0.05, 0) is 46.8 Å². The number of amides is 3. The highest BCUT2D eigenvalue weighted by Crippen LogP contribution is 2.34. The lowest BCUT2D eigenvalue weighted by Gasteiger charge is -2.26. The molecule has 1 rings (SSSR count). The first kappa shape index (κ1) is 24.3. The number of carbonyl (C=O) groups excluding carboxylic acids is 3. The lowest BCUT2D eigenvalue weighted by molar-refractivity contribution is -0.137. The number of ether oxygens (including phenoxy) is 1. The maximum Gasteiger partial charge on any atom is 0.418 e. The Labute approximate surface area is 167 Å². The van der Waals surface area contributed by atoms with Crippen LogP contribution in [0, 0.1) is 0 Å². The van der Waals surface area contributed by atoms with Gasteiger partial charge in [0, 0.05) is 6.54 Å². The average Bonchev–Trinajstić information content (AvgIpc) is 2.56. The van der Waals surface area contributed by atoms with Gasteiger partial charge in [0.2, 0.25) is 11.8 Å². The molecule has 0 aliphatic rings. The lowest BCUT2D eigenvalue weighted by Crippen LogP contribution is -2.49. The van der Waals surface area contributed by atoms with Crippen molar-refractivity contribution in [2.24, 2.45) is 0 Å². The van der Waals surface area contributed by atoms with Gasteiger partial charge in [0.25, 0.3) is 0 Å². The van der Waals surface area contributed by atoms with Crippen molar-refractivity contribution in [2.75, 3.05) is 18.4 Å². The first-order valence-corrected chi connectivity index (χ1v) is 8.99. The second-order valence-electron chi connectivity index (χ2n) is 7.31. The van der Waals surface area contributed by atoms with Gasteiger partial charge in [0.15, 0.2) is 0 Å². The number of para-hydroxylation sites is 1. The predicted octanol–water partition coefficient (Wildman–Crippen LogP) is 3.41. The number of likely N-dealkylation sites (N-methyl/N-ethyl adjacent to an activating group) is 1. The smallest absolute Gasteiger partial charge is 0.418 e. The largest absolute Gasteiger partial charge is 0.444 e. The van der Waals surface area contributed by atoms with Gasteiger partial charge in [-0.1, -0.05) is 12.1 Å². The van der Waals surface area contributed by atoms with Gasteiger partial charge in [-0.15, -0.1) is 0 Å². The summed E-state index contributed by atoms with van der Waals surface area (Å²) in [4.78, 5) is 37.6. The maximum absolute atomic E-state index is 13.0. The summed E-state index contributed by atoms with van der Waals surface area (Å²) in [5, 5.41) is 4.55. The number of alkyl carbamates (subject to hydrolysis) is 1. The molecule has 29 heavy (non-hydrogen) atoms. The molecule has 0 aliphatic carbocycles. The molecular formula is C19H26F3N3O4. The minimum atomic E-state index is -4.63. The molecule has 0 aliphatic heterocycles. The normalized spacial score (nSPS) is 12.7. The lowest BCUT2D eigenvalue weighted by atomic mass is 10.1. The number of alkyl halides is 3. The van der Waals surface area contributed by atoms with E-state index < -0.39 is 53.5 Å². The molecule has 1 aromatic rings. The van der Waals surface area contributed by atoms with E-state index in [1.807, 2.05) is 0 Å². The van der Waals surface area contributed by atoms with E-state index in [-0.39, 0.29) is 6.54 Å². The van der Waals surface area contributed by atoms with E-state index in [2.05, 4.69) is 10.6 Å². The van der Waals surface area contributed by atoms with Gasteiger partial charge in [-0.25, -0.2) is 4.79 Å². The van der Waals surface area contributed by atoms with Crippen molar-refractivity contribution in [3.63, 3.8) is 0 Å². The number of carbonyl (C=O) groups is 3. The maximum atomic E-state index is 13.0. The molecule has 1 atom stereocenters. The second-order valence-corrected chi connectivity index (χ2v) is 7.31. The van der Waals surface area contributed by atoms with Crippen LogP contribution in [0.3, 0.4) is 0 Å². The van der Waals surface area contributed by atoms with Crippen molar-refractivity contribution >= 4 is 23.6 Å². The van der Waals surface area contributed by atoms with E-state index in [0.29, 0.717) is 0 Å². The van der Waals surface area contributed by atoms with E-state index in [1.165, 1.54) is 19.1 Å². The van der Waals surface area contributed by atoms with Gasteiger partial charge in [-0.3, -0.25) is 9.59 Å². The minimum absolute atomic E-state index is 0.119. The van der Waals surface area contributed by atoms with Crippen molar-refractivity contribution in [1.82, 2.24) is 10.2 Å². The Morgan fingerprint density at radius 3 is 2.24 bits per heavy atom. The summed E-state index contributed by atoms with van der Waals surface area (Å²) < 4.78 is 44.2. The Kier molecular flexibility index (Phi) is 8.05. The number of halogens is 3. The standard InChI is InChI=1S/C19H26F3N3O4/c1-6-25(16(27)12(2)23-17(28)29-18(3,4)5)11-15(26)24-14-10-8-7-9-13(14)19(20,21)22/h7-10,12H,6,11H2,1-5H3,(H,23,28)(H,24,26). The van der Waals surface area contributed by atoms with Crippen LogP contribution >= 0.6 is 0 Å². The van der Waals surface area contributed by atoms with Crippen LogP contribution in [0.2, 0.25) is 0 Å². The fraction of sp³-hybridized carbons (Fsp3) is 0.526. The van der Waals surface area contributed by atoms with Crippen molar-refractivity contribution in [1.29, 1.82) is 0 Å². The third-order valence-corrected chi connectivity index (χ3v) is 3.64. The van der Waals surface area contributed by atoms with Crippen LogP contribution < -0.4 is 10.6 Å². The molecule has 0 fully saturated rings. The van der Waals surface area contributed by atoms with Gasteiger partial charge in [0.1, 0.15) is 11.6 Å². The third-order valence-electron chi connectivity index (χ3n) is 3.64. The van der Waals surface area contributed by atoms with Crippen molar-refractivity contribution in [3.05, 3.63) is 29.8 Å². The van der Waals surface area contributed by atoms with Crippen molar-refractivity contribution in [3.8, 4) is 0 Å². The van der Waals surface area contributed by atoms with E-state index in [9.17, 15) is 27.6 Å². The molecule has 0 spiro atoms. The predicted molar refractivity (Wildman–Crippen MR) is 101 cm³/mol. The van der Waals surface area contributed by atoms with Crippen LogP contribution in [0.5, 0.6) is 0 Å². The highest BCUT2D eigenvalue weighted by molar-refractivity contribution is 5.96. The number of hydrogen-bond donors (Lipinski definition) is 2. The van der Waals surface area contributed by atoms with E-state index in [0.717, 1.165) is 17.0 Å². The van der Waals surface area contributed by atoms with E-state index >= 15 is 0 Å². The van der Waals surface area contributed by atoms with Crippen LogP contribution in [0.15, 0.2) is 24.3 Å². The fourth-order valence-electron chi connectivity index (χ4n) is 2.37. The molecule has 3 amide bonds. The van der Waals surface area contributed by atoms with Gasteiger partial charge in [0.05, 0.1) is 17.8 Å². The Balaban J connectivity index is 2.76. The van der Waals surface area contributed by atoms with Crippen LogP contribution in [-0.4, -0.2) is 47.5 Å². The Morgan fingerprint density at radius 2 is 1.72 bits per heavy atom. The summed E-state index contributed by atoms with van der Waals surface area (Å²) in [6.45, 7) is 7.68. The van der Waals surface area contributed by atoms with Crippen LogP contribution in [0.4, 0.5) is 23.7 Å². The van der Waals surface area contributed by atoms with Gasteiger partial charge in [-0.2, -0.15) is 13.2 Å². The minimum Gasteiger partial charge on any atom is -0.444 e. The Morgan fingerprint density at radius 1 is 1.14 bits per heavy atom. The summed E-state index contributed by atoms with van der Waals surface area (Å²) >= 11 is 0. The number of nitrogens with one attached hydrogen (secondary N) is 2. The Bertz CT molecular complexity index is 745. The van der Waals surface area contributed by atoms with E-state index in [4.69, 9.17) is 4.74 Å². The zero-order valence-corrected chi connectivity index (χ0v) is 17.0. The molecule has 0 bridgehead atoms. The van der Waals surface area contributed by atoms with Gasteiger partial charge >= 0.3 is 12.3 Å². The third kappa shape index (κ3) is 8.00. The highest BCUT2D eigenvalue weighted by Gasteiger charge is 2.34. The quantitative estimate of drug-likeness (QED) is 0.743. The molecule has 2 N–H and O–H groups in total. The Hall–Kier alpha value is -2.78. The molecule has 1 unspecified atom stereocenters. The van der Waals surface area contributed by atoms with E-state index in [1.54, 1.807) is 27.7 Å². The molecule has 0 aromatic heterocycles. The fourth-order valence-corrected chi connectivity index (χ4v) is 2.37. The molecule has 0 heterocycles. The van der Waals surface area contributed by atoms with Crippen molar-refractivity contribution < 1.29 is 32.3 Å². The van der Waals surface area contributed by atoms with Gasteiger partial charge < -0.3 is 20.3 Å². The molecule has 0 radical (unpaired) electrons. The first-order valence-electron chi connectivity index (χ1n) is 8.99. The monoisotopic (exact) mass is 417 g/mol. The number of benzene rings is 1. The topological polar surface area (TPSA) is 87.7 Å². The number of rotatable bonds is 6. The summed E-state index contributed by atoms with van der Waals surface area (Å²) in [5.41, 5.74) is -2.13. The summed E-state index contributed by atoms with van der Waals surface area (Å²) in [6.07, 6.45) is -5.42. The SMILES string of the molecule is CCN(CC(=O)Nc1ccccc1C(F)(F)F)C(=O)C(C)NC(=O)OC(C)(C)C. The number of hydrogen-bond acceptors (Lipinski definition) is 4. The first-order chi connectivity index (χ1) is 13.2. The molecule has 7 nitrogen and oxygen atoms in total. The molecule has 0 saturated heterocycles. The average molecular weight is 417 g/mol. The van der Waals surface area contributed by atoms with Crippen LogP contribution in [-0.2, 0) is 20.5 Å². The summed E-state index contributed by atoms with van der Waals surface area (Å²) in [7, 11) is 0. The second kappa shape index (κ2) is 9.62. The zero-order valence-electron chi connectivity index (χ0n) is 17.0. The summed E-state index contributed by atoms with van der Waals surface area (Å²) in [6, 6.07) is 3.57. The molecular weight excluding hydrogens is 391 g/mol. The van der Waals surface area contributed by atoms with Crippen LogP contribution in [0.25, 0.3) is 0 Å².